The lowest BCUT2D eigenvalue weighted by Gasteiger charge is -2.07. The van der Waals surface area contributed by atoms with Crippen LogP contribution in [-0.4, -0.2) is 28.0 Å². The number of aromatic nitrogens is 1. The Morgan fingerprint density at radius 3 is 2.65 bits per heavy atom. The van der Waals surface area contributed by atoms with Gasteiger partial charge in [-0.2, -0.15) is 0 Å². The lowest BCUT2D eigenvalue weighted by Crippen LogP contribution is -2.23. The van der Waals surface area contributed by atoms with Crippen LogP contribution >= 0.6 is 23.4 Å². The first kappa shape index (κ1) is 15.8. The van der Waals surface area contributed by atoms with Crippen molar-refractivity contribution < 1.29 is 4.79 Å². The first-order chi connectivity index (χ1) is 11.1. The molecule has 1 saturated heterocycles. The van der Waals surface area contributed by atoms with Gasteiger partial charge in [-0.3, -0.25) is 14.7 Å². The molecule has 116 valence electrons. The van der Waals surface area contributed by atoms with E-state index in [0.29, 0.717) is 15.1 Å². The molecule has 2 heterocycles. The number of aliphatic imine (C=N–C) groups is 1. The zero-order valence-corrected chi connectivity index (χ0v) is 14.2. The summed E-state index contributed by atoms with van der Waals surface area (Å²) in [4.78, 5) is 23.3. The highest BCUT2D eigenvalue weighted by Crippen LogP contribution is 2.36. The first-order valence-electron chi connectivity index (χ1n) is 6.97. The Balaban J connectivity index is 1.96. The SMILES string of the molecule is C/C(=C1/SC(=Nc2cccnc2)N(C)C1=O)c1ccc(Cl)cc1. The molecule has 1 fully saturated rings. The Kier molecular flexibility index (Phi) is 4.50. The molecule has 0 spiro atoms. The second kappa shape index (κ2) is 6.56. The van der Waals surface area contributed by atoms with Gasteiger partial charge >= 0.3 is 0 Å². The maximum atomic E-state index is 12.5. The second-order valence-corrected chi connectivity index (χ2v) is 6.45. The summed E-state index contributed by atoms with van der Waals surface area (Å²) in [7, 11) is 1.73. The fourth-order valence-corrected chi connectivity index (χ4v) is 3.31. The van der Waals surface area contributed by atoms with Crippen molar-refractivity contribution in [1.82, 2.24) is 9.88 Å². The highest BCUT2D eigenvalue weighted by molar-refractivity contribution is 8.18. The predicted molar refractivity (Wildman–Crippen MR) is 95.7 cm³/mol. The van der Waals surface area contributed by atoms with Crippen LogP contribution in [0.15, 0.2) is 58.7 Å². The second-order valence-electron chi connectivity index (χ2n) is 5.03. The molecule has 0 aliphatic carbocycles. The number of nitrogens with zero attached hydrogens (tertiary/aromatic N) is 3. The number of thioether (sulfide) groups is 1. The highest BCUT2D eigenvalue weighted by atomic mass is 35.5. The molecule has 1 aromatic carbocycles. The third-order valence-corrected chi connectivity index (χ3v) is 4.95. The van der Waals surface area contributed by atoms with Crippen molar-refractivity contribution in [2.45, 2.75) is 6.92 Å². The maximum Gasteiger partial charge on any atom is 0.266 e. The molecule has 0 N–H and O–H groups in total. The summed E-state index contributed by atoms with van der Waals surface area (Å²) in [6, 6.07) is 11.1. The summed E-state index contributed by atoms with van der Waals surface area (Å²) < 4.78 is 0. The van der Waals surface area contributed by atoms with Crippen molar-refractivity contribution in [3.63, 3.8) is 0 Å². The molecule has 0 atom stereocenters. The molecule has 0 radical (unpaired) electrons. The van der Waals surface area contributed by atoms with Crippen molar-refractivity contribution in [3.05, 3.63) is 64.3 Å². The van der Waals surface area contributed by atoms with Gasteiger partial charge in [0, 0.05) is 18.3 Å². The van der Waals surface area contributed by atoms with E-state index in [9.17, 15) is 4.79 Å². The number of benzene rings is 1. The van der Waals surface area contributed by atoms with Gasteiger partial charge < -0.3 is 0 Å². The highest BCUT2D eigenvalue weighted by Gasteiger charge is 2.32. The normalized spacial score (nSPS) is 18.7. The van der Waals surface area contributed by atoms with Crippen LogP contribution in [0.1, 0.15) is 12.5 Å². The predicted octanol–water partition coefficient (Wildman–Crippen LogP) is 4.36. The fourth-order valence-electron chi connectivity index (χ4n) is 2.14. The third-order valence-electron chi connectivity index (χ3n) is 3.47. The molecule has 0 unspecified atom stereocenters. The summed E-state index contributed by atoms with van der Waals surface area (Å²) in [5.74, 6) is -0.0508. The van der Waals surface area contributed by atoms with Gasteiger partial charge in [-0.25, -0.2) is 4.99 Å². The van der Waals surface area contributed by atoms with Crippen molar-refractivity contribution in [2.24, 2.45) is 4.99 Å². The number of pyridine rings is 1. The molecule has 1 aromatic heterocycles. The summed E-state index contributed by atoms with van der Waals surface area (Å²) in [5, 5.41) is 1.32. The van der Waals surface area contributed by atoms with Gasteiger partial charge in [0.2, 0.25) is 0 Å². The zero-order valence-electron chi connectivity index (χ0n) is 12.7. The van der Waals surface area contributed by atoms with E-state index in [1.807, 2.05) is 43.3 Å². The molecule has 4 nitrogen and oxygen atoms in total. The van der Waals surface area contributed by atoms with E-state index in [-0.39, 0.29) is 5.91 Å². The molecule has 6 heteroatoms. The number of likely N-dealkylation sites (N-methyl/N-ethyl adjacent to an activating group) is 1. The van der Waals surface area contributed by atoms with E-state index in [2.05, 4.69) is 9.98 Å². The summed E-state index contributed by atoms with van der Waals surface area (Å²) >= 11 is 7.29. The van der Waals surface area contributed by atoms with Crippen molar-refractivity contribution in [3.8, 4) is 0 Å². The Hall–Kier alpha value is -2.11. The largest absolute Gasteiger partial charge is 0.290 e. The average Bonchev–Trinajstić information content (AvgIpc) is 2.84. The van der Waals surface area contributed by atoms with Crippen LogP contribution in [0.2, 0.25) is 5.02 Å². The van der Waals surface area contributed by atoms with E-state index < -0.39 is 0 Å². The van der Waals surface area contributed by atoms with Crippen LogP contribution in [0.3, 0.4) is 0 Å². The first-order valence-corrected chi connectivity index (χ1v) is 8.17. The molecule has 1 amide bonds. The molecule has 23 heavy (non-hydrogen) atoms. The molecule has 1 aliphatic rings. The number of amidine groups is 1. The van der Waals surface area contributed by atoms with E-state index in [1.54, 1.807) is 24.3 Å². The van der Waals surface area contributed by atoms with E-state index >= 15 is 0 Å². The van der Waals surface area contributed by atoms with E-state index in [4.69, 9.17) is 11.6 Å². The molecule has 0 saturated carbocycles. The van der Waals surface area contributed by atoms with Gasteiger partial charge in [-0.1, -0.05) is 23.7 Å². The minimum atomic E-state index is -0.0508. The Morgan fingerprint density at radius 1 is 1.26 bits per heavy atom. The van der Waals surface area contributed by atoms with Gasteiger partial charge in [-0.05, 0) is 54.1 Å². The quantitative estimate of drug-likeness (QED) is 0.761. The van der Waals surface area contributed by atoms with Gasteiger partial charge in [0.15, 0.2) is 5.17 Å². The fraction of sp³-hybridized carbons (Fsp3) is 0.118. The molecule has 2 aromatic rings. The average molecular weight is 344 g/mol. The molecule has 1 aliphatic heterocycles. The number of halogens is 1. The van der Waals surface area contributed by atoms with E-state index in [0.717, 1.165) is 16.8 Å². The summed E-state index contributed by atoms with van der Waals surface area (Å²) in [6.45, 7) is 1.93. The standard InChI is InChI=1S/C17H14ClN3OS/c1-11(12-5-7-13(18)8-6-12)15-16(22)21(2)17(23-15)20-14-4-3-9-19-10-14/h3-10H,1-2H3/b15-11-,20-17?. The van der Waals surface area contributed by atoms with Gasteiger partial charge in [0.25, 0.3) is 5.91 Å². The summed E-state index contributed by atoms with van der Waals surface area (Å²) in [5.41, 5.74) is 2.61. The smallest absolute Gasteiger partial charge is 0.266 e. The minimum Gasteiger partial charge on any atom is -0.290 e. The van der Waals surface area contributed by atoms with Crippen LogP contribution in [0.5, 0.6) is 0 Å². The minimum absolute atomic E-state index is 0.0508. The van der Waals surface area contributed by atoms with Crippen LogP contribution in [0, 0.1) is 0 Å². The molecular weight excluding hydrogens is 330 g/mol. The lowest BCUT2D eigenvalue weighted by molar-refractivity contribution is -0.121. The monoisotopic (exact) mass is 343 g/mol. The molecule has 3 rings (SSSR count). The topological polar surface area (TPSA) is 45.6 Å². The van der Waals surface area contributed by atoms with Crippen LogP contribution in [0.25, 0.3) is 5.57 Å². The number of hydrogen-bond acceptors (Lipinski definition) is 4. The number of carbonyl (C=O) groups excluding carboxylic acids is 1. The van der Waals surface area contributed by atoms with Gasteiger partial charge in [-0.15, -0.1) is 0 Å². The Bertz CT molecular complexity index is 800. The van der Waals surface area contributed by atoms with Crippen LogP contribution < -0.4 is 0 Å². The number of rotatable bonds is 2. The van der Waals surface area contributed by atoms with Crippen molar-refractivity contribution in [2.75, 3.05) is 7.05 Å². The van der Waals surface area contributed by atoms with Crippen LogP contribution in [-0.2, 0) is 4.79 Å². The van der Waals surface area contributed by atoms with Crippen molar-refractivity contribution >= 4 is 45.7 Å². The van der Waals surface area contributed by atoms with Gasteiger partial charge in [0.1, 0.15) is 0 Å². The number of carbonyl (C=O) groups is 1. The Labute approximate surface area is 143 Å². The number of amides is 1. The Morgan fingerprint density at radius 2 is 2.00 bits per heavy atom. The molecule has 0 bridgehead atoms. The molecular formula is C17H14ClN3OS. The maximum absolute atomic E-state index is 12.5. The van der Waals surface area contributed by atoms with E-state index in [1.165, 1.54) is 11.8 Å². The summed E-state index contributed by atoms with van der Waals surface area (Å²) in [6.07, 6.45) is 3.36. The van der Waals surface area contributed by atoms with Crippen molar-refractivity contribution in [1.29, 1.82) is 0 Å². The number of hydrogen-bond donors (Lipinski definition) is 0. The van der Waals surface area contributed by atoms with Crippen LogP contribution in [0.4, 0.5) is 5.69 Å². The zero-order chi connectivity index (χ0) is 16.4. The number of allylic oxidation sites excluding steroid dienone is 1. The van der Waals surface area contributed by atoms with Gasteiger partial charge in [0.05, 0.1) is 16.8 Å². The lowest BCUT2D eigenvalue weighted by atomic mass is 10.1. The third kappa shape index (κ3) is 3.30.